The van der Waals surface area contributed by atoms with Gasteiger partial charge in [0, 0.05) is 5.02 Å². The lowest BCUT2D eigenvalue weighted by molar-refractivity contribution is -0.131. The Bertz CT molecular complexity index is 789. The van der Waals surface area contributed by atoms with Crippen LogP contribution in [0.25, 0.3) is 0 Å². The number of carbonyl (C=O) groups is 2. The number of rotatable bonds is 6. The number of benzene rings is 2. The monoisotopic (exact) mass is 396 g/mol. The molecule has 0 atom stereocenters. The Labute approximate surface area is 161 Å². The Kier molecular flexibility index (Phi) is 7.12. The smallest absolute Gasteiger partial charge is 0.276 e. The third-order valence-corrected chi connectivity index (χ3v) is 4.23. The third-order valence-electron chi connectivity index (χ3n) is 3.32. The lowest BCUT2D eigenvalue weighted by atomic mass is 10.1. The predicted molar refractivity (Wildman–Crippen MR) is 99.7 cm³/mol. The van der Waals surface area contributed by atoms with Gasteiger partial charge in [0.1, 0.15) is 11.5 Å². The number of hydrazine groups is 1. The van der Waals surface area contributed by atoms with Crippen LogP contribution in [-0.2, 0) is 9.59 Å². The average Bonchev–Trinajstić information content (AvgIpc) is 2.61. The number of hydrogen-bond donors (Lipinski definition) is 2. The molecule has 0 radical (unpaired) electrons. The van der Waals surface area contributed by atoms with Crippen molar-refractivity contribution in [1.29, 1.82) is 0 Å². The minimum Gasteiger partial charge on any atom is -0.484 e. The van der Waals surface area contributed by atoms with E-state index < -0.39 is 11.8 Å². The maximum absolute atomic E-state index is 11.7. The molecule has 2 aromatic rings. The summed E-state index contributed by atoms with van der Waals surface area (Å²) in [6, 6.07) is 10.2. The summed E-state index contributed by atoms with van der Waals surface area (Å²) >= 11 is 12.0. The van der Waals surface area contributed by atoms with Gasteiger partial charge in [0.05, 0.1) is 5.02 Å². The van der Waals surface area contributed by atoms with Crippen molar-refractivity contribution in [1.82, 2.24) is 10.9 Å². The molecule has 2 aromatic carbocycles. The summed E-state index contributed by atoms with van der Waals surface area (Å²) in [6.07, 6.45) is 0. The van der Waals surface area contributed by atoms with Gasteiger partial charge in [-0.05, 0) is 49.2 Å². The van der Waals surface area contributed by atoms with Crippen molar-refractivity contribution in [2.24, 2.45) is 0 Å². The van der Waals surface area contributed by atoms with E-state index in [1.807, 2.05) is 13.8 Å². The number of carbonyl (C=O) groups excluding carboxylic acids is 2. The summed E-state index contributed by atoms with van der Waals surface area (Å²) in [4.78, 5) is 23.4. The Morgan fingerprint density at radius 2 is 1.46 bits per heavy atom. The number of para-hydroxylation sites is 1. The van der Waals surface area contributed by atoms with Crippen molar-refractivity contribution in [2.75, 3.05) is 13.2 Å². The van der Waals surface area contributed by atoms with E-state index in [9.17, 15) is 9.59 Å². The predicted octanol–water partition coefficient (Wildman–Crippen LogP) is 3.22. The first-order valence-corrected chi connectivity index (χ1v) is 8.47. The van der Waals surface area contributed by atoms with Crippen LogP contribution >= 0.6 is 23.2 Å². The zero-order valence-electron chi connectivity index (χ0n) is 14.3. The fourth-order valence-corrected chi connectivity index (χ4v) is 2.35. The maximum Gasteiger partial charge on any atom is 0.276 e. The number of aryl methyl sites for hydroxylation is 2. The van der Waals surface area contributed by atoms with Gasteiger partial charge in [0.2, 0.25) is 0 Å². The second kappa shape index (κ2) is 9.31. The van der Waals surface area contributed by atoms with E-state index in [1.165, 1.54) is 0 Å². The zero-order chi connectivity index (χ0) is 19.1. The van der Waals surface area contributed by atoms with Gasteiger partial charge in [-0.2, -0.15) is 0 Å². The molecular formula is C18H18Cl2N2O4. The van der Waals surface area contributed by atoms with Gasteiger partial charge < -0.3 is 9.47 Å². The SMILES string of the molecule is Cc1cc(OCC(=O)NNC(=O)COc2ccccc2Cl)cc(C)c1Cl. The van der Waals surface area contributed by atoms with Crippen LogP contribution in [0.4, 0.5) is 0 Å². The Morgan fingerprint density at radius 1 is 0.923 bits per heavy atom. The van der Waals surface area contributed by atoms with Crippen molar-refractivity contribution in [3.8, 4) is 11.5 Å². The highest BCUT2D eigenvalue weighted by Gasteiger charge is 2.09. The van der Waals surface area contributed by atoms with Crippen LogP contribution < -0.4 is 20.3 Å². The summed E-state index contributed by atoms with van der Waals surface area (Å²) in [5.74, 6) is -0.141. The molecule has 0 aliphatic rings. The molecule has 0 saturated carbocycles. The molecule has 0 heterocycles. The molecule has 26 heavy (non-hydrogen) atoms. The fraction of sp³-hybridized carbons (Fsp3) is 0.222. The molecule has 0 bridgehead atoms. The molecule has 0 aliphatic heterocycles. The molecule has 0 fully saturated rings. The lowest BCUT2D eigenvalue weighted by Crippen LogP contribution is -2.45. The lowest BCUT2D eigenvalue weighted by Gasteiger charge is -2.11. The molecule has 0 unspecified atom stereocenters. The van der Waals surface area contributed by atoms with Crippen LogP contribution in [0.15, 0.2) is 36.4 Å². The average molecular weight is 397 g/mol. The van der Waals surface area contributed by atoms with E-state index in [1.54, 1.807) is 36.4 Å². The Hall–Kier alpha value is -2.44. The van der Waals surface area contributed by atoms with Gasteiger partial charge in [-0.1, -0.05) is 35.3 Å². The van der Waals surface area contributed by atoms with Crippen LogP contribution in [0, 0.1) is 13.8 Å². The first-order chi connectivity index (χ1) is 12.4. The second-order valence-corrected chi connectivity index (χ2v) is 6.26. The summed E-state index contributed by atoms with van der Waals surface area (Å²) in [7, 11) is 0. The Morgan fingerprint density at radius 3 is 2.04 bits per heavy atom. The normalized spacial score (nSPS) is 10.2. The van der Waals surface area contributed by atoms with Gasteiger partial charge >= 0.3 is 0 Å². The summed E-state index contributed by atoms with van der Waals surface area (Å²) < 4.78 is 10.6. The minimum atomic E-state index is -0.531. The van der Waals surface area contributed by atoms with E-state index in [0.717, 1.165) is 11.1 Å². The molecule has 2 N–H and O–H groups in total. The number of amides is 2. The van der Waals surface area contributed by atoms with Crippen LogP contribution in [0.5, 0.6) is 11.5 Å². The number of ether oxygens (including phenoxy) is 2. The topological polar surface area (TPSA) is 76.7 Å². The number of nitrogens with one attached hydrogen (secondary N) is 2. The van der Waals surface area contributed by atoms with Gasteiger partial charge in [-0.15, -0.1) is 0 Å². The van der Waals surface area contributed by atoms with Gasteiger partial charge in [0.15, 0.2) is 13.2 Å². The van der Waals surface area contributed by atoms with E-state index >= 15 is 0 Å². The van der Waals surface area contributed by atoms with Crippen LogP contribution in [0.3, 0.4) is 0 Å². The largest absolute Gasteiger partial charge is 0.484 e. The van der Waals surface area contributed by atoms with E-state index in [4.69, 9.17) is 32.7 Å². The standard InChI is InChI=1S/C18H18Cl2N2O4/c1-11-7-13(8-12(2)18(11)20)25-9-16(23)21-22-17(24)10-26-15-6-4-3-5-14(15)19/h3-8H,9-10H2,1-2H3,(H,21,23)(H,22,24). The van der Waals surface area contributed by atoms with Crippen LogP contribution in [0.2, 0.25) is 10.0 Å². The molecule has 138 valence electrons. The quantitative estimate of drug-likeness (QED) is 0.734. The van der Waals surface area contributed by atoms with E-state index in [2.05, 4.69) is 10.9 Å². The van der Waals surface area contributed by atoms with Crippen LogP contribution in [0.1, 0.15) is 11.1 Å². The number of hydrogen-bond acceptors (Lipinski definition) is 4. The zero-order valence-corrected chi connectivity index (χ0v) is 15.8. The molecule has 6 nitrogen and oxygen atoms in total. The molecule has 0 aliphatic carbocycles. The molecule has 0 aromatic heterocycles. The van der Waals surface area contributed by atoms with Crippen molar-refractivity contribution < 1.29 is 19.1 Å². The number of halogens is 2. The second-order valence-electron chi connectivity index (χ2n) is 5.48. The highest BCUT2D eigenvalue weighted by molar-refractivity contribution is 6.32. The van der Waals surface area contributed by atoms with Crippen molar-refractivity contribution in [3.63, 3.8) is 0 Å². The van der Waals surface area contributed by atoms with Crippen molar-refractivity contribution in [2.45, 2.75) is 13.8 Å². The third kappa shape index (κ3) is 5.82. The minimum absolute atomic E-state index is 0.258. The highest BCUT2D eigenvalue weighted by Crippen LogP contribution is 2.25. The summed E-state index contributed by atoms with van der Waals surface area (Å²) in [6.45, 7) is 3.15. The molecule has 2 amide bonds. The van der Waals surface area contributed by atoms with Crippen molar-refractivity contribution >= 4 is 35.0 Å². The molecule has 2 rings (SSSR count). The molecular weight excluding hydrogens is 379 g/mol. The van der Waals surface area contributed by atoms with Crippen molar-refractivity contribution in [3.05, 3.63) is 57.6 Å². The molecule has 0 saturated heterocycles. The van der Waals surface area contributed by atoms with Gasteiger partial charge in [-0.3, -0.25) is 20.4 Å². The fourth-order valence-electron chi connectivity index (χ4n) is 2.06. The summed E-state index contributed by atoms with van der Waals surface area (Å²) in [5, 5.41) is 1.05. The van der Waals surface area contributed by atoms with E-state index in [-0.39, 0.29) is 13.2 Å². The first kappa shape index (κ1) is 19.9. The highest BCUT2D eigenvalue weighted by atomic mass is 35.5. The summed E-state index contributed by atoms with van der Waals surface area (Å²) in [5.41, 5.74) is 6.18. The first-order valence-electron chi connectivity index (χ1n) is 7.71. The Balaban J connectivity index is 1.73. The van der Waals surface area contributed by atoms with E-state index in [0.29, 0.717) is 21.5 Å². The van der Waals surface area contributed by atoms with Gasteiger partial charge in [0.25, 0.3) is 11.8 Å². The molecule has 0 spiro atoms. The maximum atomic E-state index is 11.7. The molecule has 8 heteroatoms. The van der Waals surface area contributed by atoms with Crippen LogP contribution in [-0.4, -0.2) is 25.0 Å². The van der Waals surface area contributed by atoms with Gasteiger partial charge in [-0.25, -0.2) is 0 Å².